The first-order chi connectivity index (χ1) is 11.6. The molecule has 0 N–H and O–H groups in total. The molecule has 2 fully saturated rings. The summed E-state index contributed by atoms with van der Waals surface area (Å²) in [7, 11) is 1.80. The molecular formula is C17H25ClN4O2. The Bertz CT molecular complexity index is 582. The zero-order chi connectivity index (χ0) is 17.1. The number of hydrogen-bond acceptors (Lipinski definition) is 5. The number of carbonyl (C=O) groups is 1. The van der Waals surface area contributed by atoms with Gasteiger partial charge in [0, 0.05) is 44.9 Å². The van der Waals surface area contributed by atoms with Crippen molar-refractivity contribution < 1.29 is 9.53 Å². The number of rotatable bonds is 3. The van der Waals surface area contributed by atoms with E-state index >= 15 is 0 Å². The monoisotopic (exact) mass is 352 g/mol. The highest BCUT2D eigenvalue weighted by atomic mass is 35.5. The smallest absolute Gasteiger partial charge is 0.272 e. The lowest BCUT2D eigenvalue weighted by Gasteiger charge is -2.41. The van der Waals surface area contributed by atoms with E-state index in [9.17, 15) is 4.79 Å². The molecule has 2 aliphatic rings. The molecule has 24 heavy (non-hydrogen) atoms. The van der Waals surface area contributed by atoms with E-state index in [-0.39, 0.29) is 5.91 Å². The summed E-state index contributed by atoms with van der Waals surface area (Å²) in [6.07, 6.45) is 6.01. The molecule has 7 heteroatoms. The van der Waals surface area contributed by atoms with Gasteiger partial charge in [-0.3, -0.25) is 4.79 Å². The van der Waals surface area contributed by atoms with Gasteiger partial charge in [-0.2, -0.15) is 0 Å². The molecule has 132 valence electrons. The Morgan fingerprint density at radius 1 is 1.17 bits per heavy atom. The van der Waals surface area contributed by atoms with E-state index in [2.05, 4.69) is 14.9 Å². The number of nitrogens with zero attached hydrogens (tertiary/aromatic N) is 4. The summed E-state index contributed by atoms with van der Waals surface area (Å²) in [5.74, 6) is -0.0339. The van der Waals surface area contributed by atoms with Crippen molar-refractivity contribution in [1.29, 1.82) is 0 Å². The van der Waals surface area contributed by atoms with Gasteiger partial charge in [-0.15, -0.1) is 0 Å². The normalized spacial score (nSPS) is 21.2. The Labute approximate surface area is 148 Å². The molecular weight excluding hydrogens is 328 g/mol. The first-order valence-corrected chi connectivity index (χ1v) is 9.01. The third-order valence-electron chi connectivity index (χ3n) is 5.30. The molecule has 2 saturated heterocycles. The van der Waals surface area contributed by atoms with Crippen LogP contribution in [0, 0.1) is 6.92 Å². The van der Waals surface area contributed by atoms with Crippen molar-refractivity contribution in [2.75, 3.05) is 33.3 Å². The van der Waals surface area contributed by atoms with E-state index in [1.165, 1.54) is 6.33 Å². The van der Waals surface area contributed by atoms with Crippen LogP contribution in [0.5, 0.6) is 0 Å². The second-order valence-corrected chi connectivity index (χ2v) is 6.99. The van der Waals surface area contributed by atoms with Gasteiger partial charge in [-0.05, 0) is 32.6 Å². The molecule has 6 nitrogen and oxygen atoms in total. The maximum atomic E-state index is 12.7. The van der Waals surface area contributed by atoms with Crippen molar-refractivity contribution in [1.82, 2.24) is 19.8 Å². The molecule has 2 aliphatic heterocycles. The molecule has 1 aromatic heterocycles. The molecule has 0 radical (unpaired) electrons. The number of piperidine rings is 2. The van der Waals surface area contributed by atoms with Crippen molar-refractivity contribution in [2.24, 2.45) is 0 Å². The van der Waals surface area contributed by atoms with E-state index in [1.807, 2.05) is 4.90 Å². The van der Waals surface area contributed by atoms with E-state index < -0.39 is 0 Å². The number of aromatic nitrogens is 2. The summed E-state index contributed by atoms with van der Waals surface area (Å²) in [5.41, 5.74) is 1.09. The minimum atomic E-state index is -0.0339. The average Bonchev–Trinajstić information content (AvgIpc) is 2.64. The van der Waals surface area contributed by atoms with Crippen molar-refractivity contribution in [3.63, 3.8) is 0 Å². The number of ether oxygens (including phenoxy) is 1. The van der Waals surface area contributed by atoms with Gasteiger partial charge in [0.05, 0.1) is 6.10 Å². The standard InChI is InChI=1S/C17H25ClN4O2/c1-12-15(19-11-20-16(12)18)17(23)22-7-3-13(4-8-22)21-9-5-14(24-2)6-10-21/h11,13-14H,3-10H2,1-2H3. The highest BCUT2D eigenvalue weighted by molar-refractivity contribution is 6.30. The predicted molar refractivity (Wildman–Crippen MR) is 92.3 cm³/mol. The molecule has 0 unspecified atom stereocenters. The maximum Gasteiger partial charge on any atom is 0.272 e. The molecule has 3 rings (SSSR count). The van der Waals surface area contributed by atoms with Crippen LogP contribution in [-0.2, 0) is 4.74 Å². The lowest BCUT2D eigenvalue weighted by Crippen LogP contribution is -2.49. The number of carbonyl (C=O) groups excluding carboxylic acids is 1. The van der Waals surface area contributed by atoms with Crippen LogP contribution in [0.1, 0.15) is 41.7 Å². The Kier molecular flexibility index (Phi) is 5.69. The second kappa shape index (κ2) is 7.76. The highest BCUT2D eigenvalue weighted by Crippen LogP contribution is 2.23. The summed E-state index contributed by atoms with van der Waals surface area (Å²) in [5, 5.41) is 0.351. The fraction of sp³-hybridized carbons (Fsp3) is 0.706. The number of hydrogen-bond donors (Lipinski definition) is 0. The van der Waals surface area contributed by atoms with E-state index in [1.54, 1.807) is 14.0 Å². The van der Waals surface area contributed by atoms with Crippen LogP contribution >= 0.6 is 11.6 Å². The molecule has 0 atom stereocenters. The average molecular weight is 353 g/mol. The lowest BCUT2D eigenvalue weighted by atomic mass is 9.98. The van der Waals surface area contributed by atoms with Crippen LogP contribution in [0.25, 0.3) is 0 Å². The first-order valence-electron chi connectivity index (χ1n) is 8.63. The van der Waals surface area contributed by atoms with Gasteiger partial charge in [0.1, 0.15) is 17.2 Å². The minimum absolute atomic E-state index is 0.0339. The van der Waals surface area contributed by atoms with Gasteiger partial charge >= 0.3 is 0 Å². The summed E-state index contributed by atoms with van der Waals surface area (Å²) in [4.78, 5) is 25.2. The molecule has 0 bridgehead atoms. The molecule has 3 heterocycles. The number of methoxy groups -OCH3 is 1. The van der Waals surface area contributed by atoms with Crippen LogP contribution in [0.4, 0.5) is 0 Å². The molecule has 1 amide bonds. The van der Waals surface area contributed by atoms with Crippen LogP contribution in [0.2, 0.25) is 5.15 Å². The summed E-state index contributed by atoms with van der Waals surface area (Å²) < 4.78 is 5.44. The largest absolute Gasteiger partial charge is 0.381 e. The zero-order valence-corrected chi connectivity index (χ0v) is 15.1. The molecule has 0 aliphatic carbocycles. The highest BCUT2D eigenvalue weighted by Gasteiger charge is 2.30. The van der Waals surface area contributed by atoms with Crippen molar-refractivity contribution >= 4 is 17.5 Å². The number of likely N-dealkylation sites (tertiary alicyclic amines) is 2. The van der Waals surface area contributed by atoms with Crippen LogP contribution in [-0.4, -0.2) is 71.1 Å². The van der Waals surface area contributed by atoms with Gasteiger partial charge in [0.25, 0.3) is 5.91 Å². The Morgan fingerprint density at radius 3 is 2.46 bits per heavy atom. The second-order valence-electron chi connectivity index (χ2n) is 6.63. The molecule has 0 aromatic carbocycles. The van der Waals surface area contributed by atoms with E-state index in [0.29, 0.717) is 28.6 Å². The van der Waals surface area contributed by atoms with Crippen LogP contribution in [0.15, 0.2) is 6.33 Å². The fourth-order valence-electron chi connectivity index (χ4n) is 3.70. The topological polar surface area (TPSA) is 58.6 Å². The molecule has 0 spiro atoms. The number of halogens is 1. The minimum Gasteiger partial charge on any atom is -0.381 e. The predicted octanol–water partition coefficient (Wildman–Crippen LogP) is 2.15. The lowest BCUT2D eigenvalue weighted by molar-refractivity contribution is 0.0144. The summed E-state index contributed by atoms with van der Waals surface area (Å²) in [6, 6.07) is 0.571. The van der Waals surface area contributed by atoms with Gasteiger partial charge < -0.3 is 14.5 Å². The van der Waals surface area contributed by atoms with Crippen molar-refractivity contribution in [2.45, 2.75) is 44.8 Å². The quantitative estimate of drug-likeness (QED) is 0.780. The SMILES string of the molecule is COC1CCN(C2CCN(C(=O)c3ncnc(Cl)c3C)CC2)CC1. The van der Waals surface area contributed by atoms with Crippen molar-refractivity contribution in [3.05, 3.63) is 22.7 Å². The number of amides is 1. The zero-order valence-electron chi connectivity index (χ0n) is 14.4. The van der Waals surface area contributed by atoms with Gasteiger partial charge in [-0.1, -0.05) is 11.6 Å². The Balaban J connectivity index is 1.55. The Morgan fingerprint density at radius 2 is 1.83 bits per heavy atom. The Hall–Kier alpha value is -1.24. The first kappa shape index (κ1) is 17.6. The maximum absolute atomic E-state index is 12.7. The third kappa shape index (κ3) is 3.71. The van der Waals surface area contributed by atoms with Crippen molar-refractivity contribution in [3.8, 4) is 0 Å². The third-order valence-corrected chi connectivity index (χ3v) is 5.68. The van der Waals surface area contributed by atoms with Gasteiger partial charge in [0.15, 0.2) is 0 Å². The van der Waals surface area contributed by atoms with Gasteiger partial charge in [-0.25, -0.2) is 9.97 Å². The van der Waals surface area contributed by atoms with E-state index in [4.69, 9.17) is 16.3 Å². The summed E-state index contributed by atoms with van der Waals surface area (Å²) in [6.45, 7) is 5.53. The van der Waals surface area contributed by atoms with Gasteiger partial charge in [0.2, 0.25) is 0 Å². The fourth-order valence-corrected chi connectivity index (χ4v) is 3.84. The van der Waals surface area contributed by atoms with Crippen LogP contribution < -0.4 is 0 Å². The molecule has 0 saturated carbocycles. The van der Waals surface area contributed by atoms with E-state index in [0.717, 1.165) is 51.9 Å². The molecule has 1 aromatic rings. The van der Waals surface area contributed by atoms with Crippen LogP contribution in [0.3, 0.4) is 0 Å². The summed E-state index contributed by atoms with van der Waals surface area (Å²) >= 11 is 6.01.